The Hall–Kier alpha value is -1.00. The number of nitrogens with two attached hydrogens (primary N) is 1. The van der Waals surface area contributed by atoms with Crippen LogP contribution in [0.25, 0.3) is 0 Å². The number of benzene rings is 1. The molecule has 0 spiro atoms. The van der Waals surface area contributed by atoms with Crippen LogP contribution in [0.3, 0.4) is 0 Å². The van der Waals surface area contributed by atoms with Gasteiger partial charge in [-0.05, 0) is 25.0 Å². The van der Waals surface area contributed by atoms with Crippen molar-refractivity contribution >= 4 is 0 Å². The van der Waals surface area contributed by atoms with Gasteiger partial charge in [-0.1, -0.05) is 31.7 Å². The Balaban J connectivity index is 2.36. The largest absolute Gasteiger partial charge is 0.376 e. The van der Waals surface area contributed by atoms with Crippen LogP contribution in [0, 0.1) is 11.6 Å². The van der Waals surface area contributed by atoms with Gasteiger partial charge in [0.15, 0.2) is 0 Å². The molecule has 4 heteroatoms. The molecule has 0 amide bonds. The molecule has 0 saturated heterocycles. The van der Waals surface area contributed by atoms with E-state index in [0.29, 0.717) is 0 Å². The zero-order valence-corrected chi connectivity index (χ0v) is 11.3. The van der Waals surface area contributed by atoms with Gasteiger partial charge < -0.3 is 10.5 Å². The maximum absolute atomic E-state index is 13.9. The molecular weight excluding hydrogens is 248 g/mol. The molecule has 0 aliphatic heterocycles. The summed E-state index contributed by atoms with van der Waals surface area (Å²) in [7, 11) is 1.59. The first-order valence-electron chi connectivity index (χ1n) is 6.85. The lowest BCUT2D eigenvalue weighted by molar-refractivity contribution is -0.0457. The summed E-state index contributed by atoms with van der Waals surface area (Å²) in [5.41, 5.74) is 5.48. The number of rotatable bonds is 3. The summed E-state index contributed by atoms with van der Waals surface area (Å²) in [6.45, 7) is 0. The molecule has 0 radical (unpaired) electrons. The zero-order chi connectivity index (χ0) is 13.9. The Morgan fingerprint density at radius 1 is 1.11 bits per heavy atom. The Bertz CT molecular complexity index is 408. The van der Waals surface area contributed by atoms with Gasteiger partial charge in [-0.2, -0.15) is 0 Å². The fourth-order valence-electron chi connectivity index (χ4n) is 3.04. The summed E-state index contributed by atoms with van der Waals surface area (Å²) in [6, 6.07) is 3.08. The van der Waals surface area contributed by atoms with Gasteiger partial charge in [0.05, 0.1) is 11.6 Å². The summed E-state index contributed by atoms with van der Waals surface area (Å²) < 4.78 is 33.4. The number of ether oxygens (including phenoxy) is 1. The molecule has 1 atom stereocenters. The van der Waals surface area contributed by atoms with Crippen molar-refractivity contribution in [2.75, 3.05) is 7.11 Å². The van der Waals surface area contributed by atoms with Crippen molar-refractivity contribution in [3.05, 3.63) is 35.4 Å². The molecule has 2 rings (SSSR count). The summed E-state index contributed by atoms with van der Waals surface area (Å²) in [5.74, 6) is -1.18. The summed E-state index contributed by atoms with van der Waals surface area (Å²) >= 11 is 0. The van der Waals surface area contributed by atoms with E-state index in [0.717, 1.165) is 38.5 Å². The topological polar surface area (TPSA) is 35.2 Å². The minimum absolute atomic E-state index is 0.0498. The molecule has 19 heavy (non-hydrogen) atoms. The first kappa shape index (κ1) is 14.4. The SMILES string of the molecule is COC1(C(N)c2c(F)cccc2F)CCCCCC1. The second-order valence-corrected chi connectivity index (χ2v) is 5.30. The van der Waals surface area contributed by atoms with Crippen molar-refractivity contribution in [3.63, 3.8) is 0 Å². The van der Waals surface area contributed by atoms with Crippen LogP contribution in [0.1, 0.15) is 50.1 Å². The van der Waals surface area contributed by atoms with Crippen molar-refractivity contribution in [2.45, 2.75) is 50.2 Å². The molecule has 1 aliphatic carbocycles. The van der Waals surface area contributed by atoms with Gasteiger partial charge in [0.2, 0.25) is 0 Å². The third-order valence-electron chi connectivity index (χ3n) is 4.23. The first-order valence-corrected chi connectivity index (χ1v) is 6.85. The van der Waals surface area contributed by atoms with Gasteiger partial charge >= 0.3 is 0 Å². The number of methoxy groups -OCH3 is 1. The molecule has 1 saturated carbocycles. The number of hydrogen-bond donors (Lipinski definition) is 1. The highest BCUT2D eigenvalue weighted by Crippen LogP contribution is 2.40. The second kappa shape index (κ2) is 5.97. The molecule has 106 valence electrons. The van der Waals surface area contributed by atoms with Crippen molar-refractivity contribution < 1.29 is 13.5 Å². The third kappa shape index (κ3) is 2.79. The van der Waals surface area contributed by atoms with E-state index in [-0.39, 0.29) is 5.56 Å². The normalized spacial score (nSPS) is 20.8. The maximum Gasteiger partial charge on any atom is 0.131 e. The molecule has 1 unspecified atom stereocenters. The molecule has 1 aliphatic rings. The van der Waals surface area contributed by atoms with E-state index in [2.05, 4.69) is 0 Å². The van der Waals surface area contributed by atoms with Crippen LogP contribution in [0.4, 0.5) is 8.78 Å². The van der Waals surface area contributed by atoms with Crippen LogP contribution in [-0.2, 0) is 4.74 Å². The average Bonchev–Trinajstić information content (AvgIpc) is 2.64. The molecule has 1 aromatic carbocycles. The Morgan fingerprint density at radius 3 is 2.11 bits per heavy atom. The predicted octanol–water partition coefficient (Wildman–Crippen LogP) is 3.70. The number of halogens is 2. The lowest BCUT2D eigenvalue weighted by Crippen LogP contribution is -2.43. The molecule has 0 bridgehead atoms. The second-order valence-electron chi connectivity index (χ2n) is 5.30. The first-order chi connectivity index (χ1) is 9.10. The lowest BCUT2D eigenvalue weighted by atomic mass is 9.82. The summed E-state index contributed by atoms with van der Waals surface area (Å²) in [4.78, 5) is 0. The Kier molecular flexibility index (Phi) is 4.53. The Morgan fingerprint density at radius 2 is 1.63 bits per heavy atom. The highest BCUT2D eigenvalue weighted by Gasteiger charge is 2.40. The van der Waals surface area contributed by atoms with Crippen molar-refractivity contribution in [2.24, 2.45) is 5.73 Å². The van der Waals surface area contributed by atoms with Gasteiger partial charge in [0.25, 0.3) is 0 Å². The van der Waals surface area contributed by atoms with Crippen LogP contribution in [0.15, 0.2) is 18.2 Å². The molecule has 1 aromatic rings. The predicted molar refractivity (Wildman–Crippen MR) is 70.7 cm³/mol. The molecule has 1 fully saturated rings. The fraction of sp³-hybridized carbons (Fsp3) is 0.600. The van der Waals surface area contributed by atoms with Crippen LogP contribution >= 0.6 is 0 Å². The summed E-state index contributed by atoms with van der Waals surface area (Å²) in [6.07, 6.45) is 5.71. The van der Waals surface area contributed by atoms with E-state index in [1.54, 1.807) is 7.11 Å². The molecular formula is C15H21F2NO. The van der Waals surface area contributed by atoms with Gasteiger partial charge in [0.1, 0.15) is 11.6 Å². The van der Waals surface area contributed by atoms with E-state index in [9.17, 15) is 8.78 Å². The van der Waals surface area contributed by atoms with E-state index < -0.39 is 23.3 Å². The highest BCUT2D eigenvalue weighted by atomic mass is 19.1. The van der Waals surface area contributed by atoms with E-state index in [1.807, 2.05) is 0 Å². The third-order valence-corrected chi connectivity index (χ3v) is 4.23. The van der Waals surface area contributed by atoms with Gasteiger partial charge in [-0.25, -0.2) is 8.78 Å². The van der Waals surface area contributed by atoms with Gasteiger partial charge in [-0.3, -0.25) is 0 Å². The monoisotopic (exact) mass is 269 g/mol. The van der Waals surface area contributed by atoms with E-state index in [4.69, 9.17) is 10.5 Å². The van der Waals surface area contributed by atoms with Crippen LogP contribution in [-0.4, -0.2) is 12.7 Å². The lowest BCUT2D eigenvalue weighted by Gasteiger charge is -2.37. The smallest absolute Gasteiger partial charge is 0.131 e. The van der Waals surface area contributed by atoms with Gasteiger partial charge in [0, 0.05) is 12.7 Å². The highest BCUT2D eigenvalue weighted by molar-refractivity contribution is 5.26. The zero-order valence-electron chi connectivity index (χ0n) is 11.3. The van der Waals surface area contributed by atoms with E-state index >= 15 is 0 Å². The van der Waals surface area contributed by atoms with Crippen LogP contribution in [0.5, 0.6) is 0 Å². The van der Waals surface area contributed by atoms with Crippen LogP contribution in [0.2, 0.25) is 0 Å². The standard InChI is InChI=1S/C15H21F2NO/c1-19-15(9-4-2-3-5-10-15)14(18)13-11(16)7-6-8-12(13)17/h6-8,14H,2-5,9-10,18H2,1H3. The minimum Gasteiger partial charge on any atom is -0.376 e. The van der Waals surface area contributed by atoms with Gasteiger partial charge in [-0.15, -0.1) is 0 Å². The van der Waals surface area contributed by atoms with Crippen molar-refractivity contribution in [1.82, 2.24) is 0 Å². The van der Waals surface area contributed by atoms with Crippen LogP contribution < -0.4 is 5.73 Å². The molecule has 2 N–H and O–H groups in total. The quantitative estimate of drug-likeness (QED) is 0.849. The molecule has 0 heterocycles. The fourth-order valence-corrected chi connectivity index (χ4v) is 3.04. The Labute approximate surface area is 112 Å². The van der Waals surface area contributed by atoms with E-state index in [1.165, 1.54) is 18.2 Å². The summed E-state index contributed by atoms with van der Waals surface area (Å²) in [5, 5.41) is 0. The maximum atomic E-state index is 13.9. The molecule has 0 aromatic heterocycles. The number of hydrogen-bond acceptors (Lipinski definition) is 2. The minimum atomic E-state index is -0.767. The van der Waals surface area contributed by atoms with Crippen molar-refractivity contribution in [3.8, 4) is 0 Å². The van der Waals surface area contributed by atoms with Crippen molar-refractivity contribution in [1.29, 1.82) is 0 Å². The molecule has 2 nitrogen and oxygen atoms in total. The average molecular weight is 269 g/mol.